The molecule has 0 saturated carbocycles. The molecular formula is C25H20F4N7O3+. The van der Waals surface area contributed by atoms with Gasteiger partial charge in [-0.25, -0.2) is 9.37 Å². The third-order valence-corrected chi connectivity index (χ3v) is 5.11. The first-order valence-electron chi connectivity index (χ1n) is 11.1. The lowest BCUT2D eigenvalue weighted by molar-refractivity contribution is -0.385. The first-order chi connectivity index (χ1) is 18.6. The van der Waals surface area contributed by atoms with E-state index < -0.39 is 23.8 Å². The van der Waals surface area contributed by atoms with Gasteiger partial charge in [0.1, 0.15) is 35.4 Å². The van der Waals surface area contributed by atoms with E-state index in [0.717, 1.165) is 12.1 Å². The van der Waals surface area contributed by atoms with Gasteiger partial charge in [-0.2, -0.15) is 0 Å². The van der Waals surface area contributed by atoms with E-state index >= 15 is 0 Å². The van der Waals surface area contributed by atoms with Crippen LogP contribution >= 0.6 is 0 Å². The molecule has 2 heterocycles. The number of aliphatic imine (C=N–C) groups is 1. The molecule has 0 unspecified atom stereocenters. The second-order valence-corrected chi connectivity index (χ2v) is 7.82. The Morgan fingerprint density at radius 1 is 1.15 bits per heavy atom. The van der Waals surface area contributed by atoms with Gasteiger partial charge in [0.25, 0.3) is 11.7 Å². The minimum Gasteiger partial charge on any atom is -0.405 e. The highest BCUT2D eigenvalue weighted by Crippen LogP contribution is 2.27. The SMILES string of the molecule is NC(=CC(=NCc1ccccc1F)c1ccon1)c1nc(N)c(NC(=O)c2ccccc2OC(F)(F)F)c[nH+]1. The average molecular weight is 542 g/mol. The van der Waals surface area contributed by atoms with Crippen molar-refractivity contribution in [3.8, 4) is 5.75 Å². The molecular weight excluding hydrogens is 522 g/mol. The Balaban J connectivity index is 1.56. The van der Waals surface area contributed by atoms with E-state index in [2.05, 4.69) is 30.2 Å². The molecule has 2 aromatic heterocycles. The van der Waals surface area contributed by atoms with E-state index in [0.29, 0.717) is 11.3 Å². The lowest BCUT2D eigenvalue weighted by atomic mass is 10.2. The van der Waals surface area contributed by atoms with Crippen LogP contribution in [-0.2, 0) is 6.54 Å². The molecule has 14 heteroatoms. The second-order valence-electron chi connectivity index (χ2n) is 7.82. The monoisotopic (exact) mass is 542 g/mol. The third-order valence-electron chi connectivity index (χ3n) is 5.11. The molecule has 6 N–H and O–H groups in total. The molecule has 4 rings (SSSR count). The summed E-state index contributed by atoms with van der Waals surface area (Å²) in [6.45, 7) is -0.0115. The smallest absolute Gasteiger partial charge is 0.405 e. The predicted molar refractivity (Wildman–Crippen MR) is 132 cm³/mol. The Hall–Kier alpha value is -5.27. The van der Waals surface area contributed by atoms with Gasteiger partial charge < -0.3 is 26.0 Å². The predicted octanol–water partition coefficient (Wildman–Crippen LogP) is 3.75. The number of anilines is 2. The van der Waals surface area contributed by atoms with Gasteiger partial charge in [0, 0.05) is 11.6 Å². The number of carbonyl (C=O) groups excluding carboxylic acids is 1. The number of aromatic nitrogens is 3. The van der Waals surface area contributed by atoms with Crippen LogP contribution in [0, 0.1) is 5.82 Å². The minimum absolute atomic E-state index is 0.0115. The third kappa shape index (κ3) is 6.94. The van der Waals surface area contributed by atoms with Crippen molar-refractivity contribution in [1.82, 2.24) is 10.1 Å². The zero-order valence-corrected chi connectivity index (χ0v) is 19.9. The molecule has 1 amide bonds. The normalized spacial score (nSPS) is 12.3. The molecule has 0 fully saturated rings. The number of aromatic amines is 1. The number of carbonyl (C=O) groups is 1. The number of ether oxygens (including phenoxy) is 1. The number of hydrogen-bond acceptors (Lipinski definition) is 8. The first-order valence-corrected chi connectivity index (χ1v) is 11.1. The Kier molecular flexibility index (Phi) is 7.84. The fourth-order valence-electron chi connectivity index (χ4n) is 3.29. The van der Waals surface area contributed by atoms with Crippen molar-refractivity contribution in [3.63, 3.8) is 0 Å². The van der Waals surface area contributed by atoms with Crippen molar-refractivity contribution >= 4 is 28.8 Å². The van der Waals surface area contributed by atoms with Crippen molar-refractivity contribution in [3.05, 3.63) is 102 Å². The summed E-state index contributed by atoms with van der Waals surface area (Å²) >= 11 is 0. The molecule has 0 aliphatic carbocycles. The lowest BCUT2D eigenvalue weighted by Gasteiger charge is -2.12. The quantitative estimate of drug-likeness (QED) is 0.226. The maximum Gasteiger partial charge on any atom is 0.573 e. The summed E-state index contributed by atoms with van der Waals surface area (Å²) in [5.41, 5.74) is 12.7. The summed E-state index contributed by atoms with van der Waals surface area (Å²) in [7, 11) is 0. The van der Waals surface area contributed by atoms with Crippen molar-refractivity contribution in [2.75, 3.05) is 11.1 Å². The number of halogens is 4. The van der Waals surface area contributed by atoms with Gasteiger partial charge in [-0.05, 0) is 29.3 Å². The fourth-order valence-corrected chi connectivity index (χ4v) is 3.29. The van der Waals surface area contributed by atoms with Gasteiger partial charge in [-0.1, -0.05) is 35.5 Å². The van der Waals surface area contributed by atoms with Crippen LogP contribution in [0.15, 0.2) is 82.6 Å². The molecule has 0 atom stereocenters. The minimum atomic E-state index is -4.99. The summed E-state index contributed by atoms with van der Waals surface area (Å²) in [6, 6.07) is 12.5. The molecule has 0 saturated heterocycles. The second kappa shape index (κ2) is 11.4. The number of nitrogen functional groups attached to an aromatic ring is 1. The number of rotatable bonds is 8. The van der Waals surface area contributed by atoms with Gasteiger partial charge in [-0.3, -0.25) is 9.79 Å². The zero-order chi connectivity index (χ0) is 28.0. The molecule has 0 bridgehead atoms. The van der Waals surface area contributed by atoms with E-state index in [-0.39, 0.29) is 40.8 Å². The molecule has 10 nitrogen and oxygen atoms in total. The van der Waals surface area contributed by atoms with Gasteiger partial charge in [0.05, 0.1) is 17.8 Å². The van der Waals surface area contributed by atoms with Crippen LogP contribution in [0.3, 0.4) is 0 Å². The number of benzene rings is 2. The van der Waals surface area contributed by atoms with Crippen molar-refractivity contribution in [2.45, 2.75) is 12.9 Å². The number of H-pyrrole nitrogens is 1. The molecule has 0 radical (unpaired) electrons. The van der Waals surface area contributed by atoms with Crippen LogP contribution in [-0.4, -0.2) is 28.1 Å². The average Bonchev–Trinajstić information content (AvgIpc) is 3.43. The topological polar surface area (TPSA) is 156 Å². The Labute approximate surface area is 218 Å². The number of nitrogens with one attached hydrogen (secondary N) is 2. The zero-order valence-electron chi connectivity index (χ0n) is 19.9. The Morgan fingerprint density at radius 3 is 2.59 bits per heavy atom. The molecule has 0 aliphatic heterocycles. The first kappa shape index (κ1) is 26.8. The van der Waals surface area contributed by atoms with Gasteiger partial charge in [0.2, 0.25) is 0 Å². The summed E-state index contributed by atoms with van der Waals surface area (Å²) in [6.07, 6.45) is -0.981. The van der Waals surface area contributed by atoms with Crippen LogP contribution < -0.4 is 26.5 Å². The van der Waals surface area contributed by atoms with E-state index in [1.165, 1.54) is 42.8 Å². The van der Waals surface area contributed by atoms with E-state index in [4.69, 9.17) is 16.0 Å². The molecule has 200 valence electrons. The van der Waals surface area contributed by atoms with Crippen molar-refractivity contribution < 1.29 is 36.6 Å². The highest BCUT2D eigenvalue weighted by molar-refractivity contribution is 6.10. The van der Waals surface area contributed by atoms with E-state index in [1.54, 1.807) is 18.2 Å². The number of amides is 1. The lowest BCUT2D eigenvalue weighted by Crippen LogP contribution is -2.23. The summed E-state index contributed by atoms with van der Waals surface area (Å²) < 4.78 is 60.9. The van der Waals surface area contributed by atoms with Crippen LogP contribution in [0.2, 0.25) is 0 Å². The Morgan fingerprint density at radius 2 is 1.90 bits per heavy atom. The number of nitrogens with two attached hydrogens (primary N) is 2. The van der Waals surface area contributed by atoms with Gasteiger partial charge >= 0.3 is 12.2 Å². The number of para-hydroxylation sites is 1. The number of hydrogen-bond donors (Lipinski definition) is 3. The highest BCUT2D eigenvalue weighted by Gasteiger charge is 2.33. The van der Waals surface area contributed by atoms with Crippen LogP contribution in [0.25, 0.3) is 5.70 Å². The summed E-state index contributed by atoms with van der Waals surface area (Å²) in [5, 5.41) is 6.22. The fraction of sp³-hybridized carbons (Fsp3) is 0.0800. The standard InChI is InChI=1S/C25H19F4N7O3/c26-16-7-3-1-5-14(16)12-32-19(18-9-10-38-36-18)11-17(30)23-33-13-20(22(31)35-23)34-24(37)15-6-2-4-8-21(15)39-25(27,28)29/h1-11,13H,12,30H2,(H,34,37)(H2,31,33,35)/p+1. The van der Waals surface area contributed by atoms with Gasteiger partial charge in [0.15, 0.2) is 5.69 Å². The summed E-state index contributed by atoms with van der Waals surface area (Å²) in [4.78, 5) is 23.9. The maximum absolute atomic E-state index is 14.0. The molecule has 39 heavy (non-hydrogen) atoms. The molecule has 0 aliphatic rings. The van der Waals surface area contributed by atoms with Crippen LogP contribution in [0.1, 0.15) is 27.4 Å². The van der Waals surface area contributed by atoms with Crippen molar-refractivity contribution in [2.24, 2.45) is 10.7 Å². The number of nitrogens with zero attached hydrogens (tertiary/aromatic N) is 3. The van der Waals surface area contributed by atoms with Crippen LogP contribution in [0.5, 0.6) is 5.75 Å². The molecule has 2 aromatic carbocycles. The van der Waals surface area contributed by atoms with Crippen molar-refractivity contribution in [1.29, 1.82) is 0 Å². The van der Waals surface area contributed by atoms with E-state index in [9.17, 15) is 22.4 Å². The van der Waals surface area contributed by atoms with Gasteiger partial charge in [-0.15, -0.1) is 13.2 Å². The van der Waals surface area contributed by atoms with Crippen LogP contribution in [0.4, 0.5) is 29.1 Å². The maximum atomic E-state index is 14.0. The molecule has 4 aromatic rings. The molecule has 0 spiro atoms. The summed E-state index contributed by atoms with van der Waals surface area (Å²) in [5.74, 6) is -2.13. The Bertz CT molecular complexity index is 1540. The highest BCUT2D eigenvalue weighted by atomic mass is 19.4. The number of alkyl halides is 3. The largest absolute Gasteiger partial charge is 0.573 e. The number of allylic oxidation sites excluding steroid dienone is 1. The van der Waals surface area contributed by atoms with E-state index in [1.807, 2.05) is 0 Å².